The van der Waals surface area contributed by atoms with Gasteiger partial charge < -0.3 is 9.73 Å². The molecule has 0 radical (unpaired) electrons. The molecule has 186 valence electrons. The fourth-order valence-corrected chi connectivity index (χ4v) is 6.48. The van der Waals surface area contributed by atoms with E-state index in [1.807, 2.05) is 12.1 Å². The second-order valence-corrected chi connectivity index (χ2v) is 11.1. The SMILES string of the molecule is CC1(C)c2ccccc2-c2cc(Nc3c(-c4ccc5c(c4)oc4ccccc45)ccc4ccccc34)ccc21. The predicted octanol–water partition coefficient (Wildman–Crippen LogP) is 10.5. The van der Waals surface area contributed by atoms with Crippen LogP contribution in [0, 0.1) is 0 Å². The van der Waals surface area contributed by atoms with Gasteiger partial charge in [0, 0.05) is 32.8 Å². The minimum absolute atomic E-state index is 0.00292. The number of hydrogen-bond donors (Lipinski definition) is 1. The van der Waals surface area contributed by atoms with Gasteiger partial charge in [-0.2, -0.15) is 0 Å². The van der Waals surface area contributed by atoms with Crippen molar-refractivity contribution in [1.82, 2.24) is 0 Å². The molecule has 6 aromatic carbocycles. The zero-order valence-corrected chi connectivity index (χ0v) is 22.0. The number of furan rings is 1. The van der Waals surface area contributed by atoms with Gasteiger partial charge in [-0.3, -0.25) is 0 Å². The van der Waals surface area contributed by atoms with Crippen molar-refractivity contribution < 1.29 is 4.42 Å². The quantitative estimate of drug-likeness (QED) is 0.260. The highest BCUT2D eigenvalue weighted by Gasteiger charge is 2.35. The number of nitrogens with one attached hydrogen (secondary N) is 1. The number of hydrogen-bond acceptors (Lipinski definition) is 2. The van der Waals surface area contributed by atoms with Gasteiger partial charge in [0.2, 0.25) is 0 Å². The lowest BCUT2D eigenvalue weighted by atomic mass is 9.82. The third-order valence-corrected chi connectivity index (χ3v) is 8.47. The summed E-state index contributed by atoms with van der Waals surface area (Å²) in [6, 6.07) is 43.5. The van der Waals surface area contributed by atoms with Gasteiger partial charge in [0.15, 0.2) is 0 Å². The molecule has 0 saturated heterocycles. The lowest BCUT2D eigenvalue weighted by Gasteiger charge is -2.21. The van der Waals surface area contributed by atoms with Gasteiger partial charge >= 0.3 is 0 Å². The Kier molecular flexibility index (Phi) is 4.60. The van der Waals surface area contributed by atoms with Crippen LogP contribution in [0.2, 0.25) is 0 Å². The van der Waals surface area contributed by atoms with Gasteiger partial charge in [-0.15, -0.1) is 0 Å². The minimum Gasteiger partial charge on any atom is -0.456 e. The lowest BCUT2D eigenvalue weighted by Crippen LogP contribution is -2.14. The number of benzene rings is 6. The van der Waals surface area contributed by atoms with Crippen LogP contribution in [0.15, 0.2) is 126 Å². The Bertz CT molecular complexity index is 2080. The Morgan fingerprint density at radius 2 is 1.28 bits per heavy atom. The van der Waals surface area contributed by atoms with Crippen molar-refractivity contribution in [2.75, 3.05) is 5.32 Å². The topological polar surface area (TPSA) is 25.2 Å². The Morgan fingerprint density at radius 1 is 0.538 bits per heavy atom. The van der Waals surface area contributed by atoms with Crippen molar-refractivity contribution in [1.29, 1.82) is 0 Å². The number of anilines is 2. The highest BCUT2D eigenvalue weighted by atomic mass is 16.3. The van der Waals surface area contributed by atoms with Crippen LogP contribution in [-0.4, -0.2) is 0 Å². The maximum absolute atomic E-state index is 6.24. The normalized spacial score (nSPS) is 13.6. The van der Waals surface area contributed by atoms with E-state index in [4.69, 9.17) is 4.42 Å². The zero-order chi connectivity index (χ0) is 26.1. The second-order valence-electron chi connectivity index (χ2n) is 11.1. The van der Waals surface area contributed by atoms with E-state index >= 15 is 0 Å². The molecule has 0 unspecified atom stereocenters. The second kappa shape index (κ2) is 8.09. The van der Waals surface area contributed by atoms with Crippen LogP contribution < -0.4 is 5.32 Å². The van der Waals surface area contributed by atoms with E-state index in [-0.39, 0.29) is 5.41 Å². The summed E-state index contributed by atoms with van der Waals surface area (Å²) >= 11 is 0. The number of rotatable bonds is 3. The Labute approximate surface area is 227 Å². The molecule has 1 aromatic heterocycles. The predicted molar refractivity (Wildman–Crippen MR) is 164 cm³/mol. The van der Waals surface area contributed by atoms with E-state index < -0.39 is 0 Å². The Balaban J connectivity index is 1.30. The molecule has 0 spiro atoms. The standard InChI is InChI=1S/C37H27NO/c1-37(2)32-13-7-5-11-28(32)31-22-25(17-20-33(31)37)38-36-26-10-4-3-9-23(26)15-18-27(36)24-16-19-30-29-12-6-8-14-34(29)39-35(30)21-24/h3-22,38H,1-2H3. The largest absolute Gasteiger partial charge is 0.456 e. The molecule has 0 aliphatic heterocycles. The molecule has 0 saturated carbocycles. The van der Waals surface area contributed by atoms with Crippen molar-refractivity contribution in [3.05, 3.63) is 132 Å². The van der Waals surface area contributed by atoms with Crippen LogP contribution in [0.4, 0.5) is 11.4 Å². The number of fused-ring (bicyclic) bond motifs is 7. The summed E-state index contributed by atoms with van der Waals surface area (Å²) < 4.78 is 6.24. The average Bonchev–Trinajstić information content (AvgIpc) is 3.45. The molecule has 1 aliphatic rings. The molecule has 39 heavy (non-hydrogen) atoms. The summed E-state index contributed by atoms with van der Waals surface area (Å²) in [5, 5.41) is 8.54. The van der Waals surface area contributed by atoms with Crippen molar-refractivity contribution in [2.45, 2.75) is 19.3 Å². The minimum atomic E-state index is -0.00292. The summed E-state index contributed by atoms with van der Waals surface area (Å²) in [5.41, 5.74) is 11.7. The van der Waals surface area contributed by atoms with Crippen LogP contribution in [0.3, 0.4) is 0 Å². The van der Waals surface area contributed by atoms with Crippen LogP contribution in [0.5, 0.6) is 0 Å². The van der Waals surface area contributed by atoms with E-state index in [0.717, 1.165) is 44.4 Å². The monoisotopic (exact) mass is 501 g/mol. The van der Waals surface area contributed by atoms with Gasteiger partial charge in [-0.1, -0.05) is 105 Å². The summed E-state index contributed by atoms with van der Waals surface area (Å²) in [6.45, 7) is 4.64. The maximum Gasteiger partial charge on any atom is 0.136 e. The first kappa shape index (κ1) is 22.2. The summed E-state index contributed by atoms with van der Waals surface area (Å²) in [4.78, 5) is 0. The Hall–Kier alpha value is -4.82. The van der Waals surface area contributed by atoms with Gasteiger partial charge in [0.1, 0.15) is 11.2 Å². The highest BCUT2D eigenvalue weighted by Crippen LogP contribution is 2.49. The van der Waals surface area contributed by atoms with Crippen molar-refractivity contribution in [2.24, 2.45) is 0 Å². The lowest BCUT2D eigenvalue weighted by molar-refractivity contribution is 0.660. The van der Waals surface area contributed by atoms with Crippen molar-refractivity contribution >= 4 is 44.1 Å². The van der Waals surface area contributed by atoms with Crippen LogP contribution >= 0.6 is 0 Å². The molecule has 8 rings (SSSR count). The van der Waals surface area contributed by atoms with Crippen molar-refractivity contribution in [3.63, 3.8) is 0 Å². The molecule has 2 nitrogen and oxygen atoms in total. The maximum atomic E-state index is 6.24. The van der Waals surface area contributed by atoms with Gasteiger partial charge in [0.25, 0.3) is 0 Å². The smallest absolute Gasteiger partial charge is 0.136 e. The molecule has 1 heterocycles. The highest BCUT2D eigenvalue weighted by molar-refractivity contribution is 6.08. The van der Waals surface area contributed by atoms with Gasteiger partial charge in [-0.25, -0.2) is 0 Å². The molecule has 0 bridgehead atoms. The van der Waals surface area contributed by atoms with Crippen LogP contribution in [-0.2, 0) is 5.41 Å². The first-order valence-corrected chi connectivity index (χ1v) is 13.5. The van der Waals surface area contributed by atoms with E-state index in [9.17, 15) is 0 Å². The zero-order valence-electron chi connectivity index (χ0n) is 22.0. The fourth-order valence-electron chi connectivity index (χ4n) is 6.48. The molecule has 1 aliphatic carbocycles. The summed E-state index contributed by atoms with van der Waals surface area (Å²) in [6.07, 6.45) is 0. The molecule has 1 N–H and O–H groups in total. The van der Waals surface area contributed by atoms with Crippen molar-refractivity contribution in [3.8, 4) is 22.3 Å². The fraction of sp³-hybridized carbons (Fsp3) is 0.0811. The third-order valence-electron chi connectivity index (χ3n) is 8.47. The van der Waals surface area contributed by atoms with E-state index in [1.54, 1.807) is 0 Å². The summed E-state index contributed by atoms with van der Waals surface area (Å²) in [5.74, 6) is 0. The molecule has 0 fully saturated rings. The average molecular weight is 502 g/mol. The van der Waals surface area contributed by atoms with E-state index in [1.165, 1.54) is 33.0 Å². The molecular formula is C37H27NO. The molecule has 7 aromatic rings. The van der Waals surface area contributed by atoms with Crippen LogP contribution in [0.25, 0.3) is 55.0 Å². The Morgan fingerprint density at radius 3 is 2.21 bits per heavy atom. The number of para-hydroxylation sites is 1. The molecule has 0 atom stereocenters. The van der Waals surface area contributed by atoms with Gasteiger partial charge in [-0.05, 0) is 63.5 Å². The first-order valence-electron chi connectivity index (χ1n) is 13.5. The first-order chi connectivity index (χ1) is 19.1. The molecule has 2 heteroatoms. The van der Waals surface area contributed by atoms with E-state index in [2.05, 4.69) is 128 Å². The van der Waals surface area contributed by atoms with E-state index in [0.29, 0.717) is 0 Å². The van der Waals surface area contributed by atoms with Gasteiger partial charge in [0.05, 0.1) is 5.69 Å². The van der Waals surface area contributed by atoms with Crippen LogP contribution in [0.1, 0.15) is 25.0 Å². The third kappa shape index (κ3) is 3.28. The molecule has 0 amide bonds. The molecular weight excluding hydrogens is 474 g/mol. The summed E-state index contributed by atoms with van der Waals surface area (Å²) in [7, 11) is 0.